The molecule has 0 amide bonds. The molecule has 0 atom stereocenters. The van der Waals surface area contributed by atoms with Gasteiger partial charge in [0.15, 0.2) is 5.96 Å². The van der Waals surface area contributed by atoms with Crippen molar-refractivity contribution < 1.29 is 0 Å². The van der Waals surface area contributed by atoms with E-state index in [4.69, 9.17) is 6.42 Å². The Morgan fingerprint density at radius 2 is 2.21 bits per heavy atom. The van der Waals surface area contributed by atoms with Gasteiger partial charge >= 0.3 is 0 Å². The van der Waals surface area contributed by atoms with Crippen molar-refractivity contribution in [3.05, 3.63) is 16.1 Å². The lowest BCUT2D eigenvalue weighted by Gasteiger charge is -2.30. The Balaban J connectivity index is 1.74. The number of nitrogens with zero attached hydrogens (tertiary/aromatic N) is 3. The molecule has 2 N–H and O–H groups in total. The summed E-state index contributed by atoms with van der Waals surface area (Å²) in [7, 11) is 0. The zero-order chi connectivity index (χ0) is 17.2. The second-order valence-electron chi connectivity index (χ2n) is 6.08. The van der Waals surface area contributed by atoms with E-state index >= 15 is 0 Å². The zero-order valence-corrected chi connectivity index (χ0v) is 15.7. The molecule has 132 valence electrons. The maximum absolute atomic E-state index is 5.30. The van der Waals surface area contributed by atoms with Gasteiger partial charge in [-0.15, -0.1) is 17.8 Å². The van der Waals surface area contributed by atoms with Gasteiger partial charge in [0.05, 0.1) is 17.2 Å². The van der Waals surface area contributed by atoms with Gasteiger partial charge in [0, 0.05) is 25.0 Å². The van der Waals surface area contributed by atoms with Crippen molar-refractivity contribution >= 4 is 17.3 Å². The van der Waals surface area contributed by atoms with E-state index in [1.807, 2.05) is 0 Å². The smallest absolute Gasteiger partial charge is 0.192 e. The highest BCUT2D eigenvalue weighted by atomic mass is 32.1. The highest BCUT2D eigenvalue weighted by molar-refractivity contribution is 7.09. The van der Waals surface area contributed by atoms with E-state index < -0.39 is 0 Å². The quantitative estimate of drug-likeness (QED) is 0.451. The van der Waals surface area contributed by atoms with Gasteiger partial charge in [-0.25, -0.2) is 4.98 Å². The number of piperidine rings is 1. The number of aliphatic imine (C=N–C) groups is 1. The zero-order valence-electron chi connectivity index (χ0n) is 14.8. The van der Waals surface area contributed by atoms with E-state index in [1.54, 1.807) is 11.3 Å². The van der Waals surface area contributed by atoms with Crippen molar-refractivity contribution in [2.45, 2.75) is 39.7 Å². The summed E-state index contributed by atoms with van der Waals surface area (Å²) in [5, 5.41) is 9.82. The predicted molar refractivity (Wildman–Crippen MR) is 102 cm³/mol. The van der Waals surface area contributed by atoms with Gasteiger partial charge in [-0.3, -0.25) is 9.89 Å². The number of aryl methyl sites for hydroxylation is 1. The van der Waals surface area contributed by atoms with Crippen LogP contribution in [0.2, 0.25) is 0 Å². The van der Waals surface area contributed by atoms with Crippen LogP contribution in [0.25, 0.3) is 0 Å². The van der Waals surface area contributed by atoms with Gasteiger partial charge in [-0.1, -0.05) is 12.8 Å². The van der Waals surface area contributed by atoms with Gasteiger partial charge < -0.3 is 10.6 Å². The number of terminal acetylenes is 1. The SMILES string of the molecule is C#CCNC(=NCC1CCN(Cc2csc(CC)n2)CC1)NCC. The first kappa shape index (κ1) is 18.8. The molecule has 5 nitrogen and oxygen atoms in total. The number of rotatable bonds is 7. The first-order valence-corrected chi connectivity index (χ1v) is 9.74. The molecular formula is C18H29N5S. The first-order valence-electron chi connectivity index (χ1n) is 8.86. The van der Waals surface area contributed by atoms with Crippen LogP contribution in [0.3, 0.4) is 0 Å². The maximum Gasteiger partial charge on any atom is 0.192 e. The molecule has 1 aliphatic rings. The Hall–Kier alpha value is -1.58. The second-order valence-corrected chi connectivity index (χ2v) is 7.03. The number of aromatic nitrogens is 1. The Kier molecular flexibility index (Phi) is 8.06. The fourth-order valence-electron chi connectivity index (χ4n) is 2.84. The molecule has 0 aliphatic carbocycles. The summed E-state index contributed by atoms with van der Waals surface area (Å²) >= 11 is 1.78. The van der Waals surface area contributed by atoms with Gasteiger partial charge in [-0.2, -0.15) is 0 Å². The standard InChI is InChI=1S/C18H29N5S/c1-4-9-20-18(19-6-3)21-12-15-7-10-23(11-8-15)13-16-14-24-17(5-2)22-16/h1,14-15H,5-13H2,2-3H3,(H2,19,20,21). The molecule has 24 heavy (non-hydrogen) atoms. The highest BCUT2D eigenvalue weighted by Gasteiger charge is 2.19. The Labute approximate surface area is 150 Å². The molecule has 0 unspecified atom stereocenters. The summed E-state index contributed by atoms with van der Waals surface area (Å²) in [6.45, 7) is 9.70. The van der Waals surface area contributed by atoms with E-state index in [-0.39, 0.29) is 0 Å². The van der Waals surface area contributed by atoms with Crippen LogP contribution >= 0.6 is 11.3 Å². The molecule has 2 heterocycles. The molecule has 1 fully saturated rings. The lowest BCUT2D eigenvalue weighted by molar-refractivity contribution is 0.179. The predicted octanol–water partition coefficient (Wildman–Crippen LogP) is 2.11. The van der Waals surface area contributed by atoms with Crippen LogP contribution in [-0.4, -0.2) is 48.6 Å². The van der Waals surface area contributed by atoms with Gasteiger partial charge in [0.2, 0.25) is 0 Å². The van der Waals surface area contributed by atoms with E-state index in [1.165, 1.54) is 23.5 Å². The summed E-state index contributed by atoms with van der Waals surface area (Å²) in [5.74, 6) is 4.07. The molecule has 1 aliphatic heterocycles. The molecular weight excluding hydrogens is 318 g/mol. The fourth-order valence-corrected chi connectivity index (χ4v) is 3.57. The second kappa shape index (κ2) is 10.3. The molecule has 1 aromatic rings. The monoisotopic (exact) mass is 347 g/mol. The molecule has 0 saturated carbocycles. The molecule has 0 spiro atoms. The number of thiazole rings is 1. The minimum atomic E-state index is 0.512. The molecule has 1 aromatic heterocycles. The van der Waals surface area contributed by atoms with Crippen LogP contribution in [0.5, 0.6) is 0 Å². The molecule has 1 saturated heterocycles. The van der Waals surface area contributed by atoms with Gasteiger partial charge in [-0.05, 0) is 45.2 Å². The van der Waals surface area contributed by atoms with Crippen LogP contribution < -0.4 is 10.6 Å². The molecule has 0 radical (unpaired) electrons. The summed E-state index contributed by atoms with van der Waals surface area (Å²) < 4.78 is 0. The third-order valence-electron chi connectivity index (χ3n) is 4.20. The Bertz CT molecular complexity index is 552. The normalized spacial score (nSPS) is 16.8. The van der Waals surface area contributed by atoms with Crippen molar-refractivity contribution in [3.8, 4) is 12.3 Å². The average molecular weight is 348 g/mol. The minimum absolute atomic E-state index is 0.512. The highest BCUT2D eigenvalue weighted by Crippen LogP contribution is 2.20. The van der Waals surface area contributed by atoms with Crippen molar-refractivity contribution in [1.29, 1.82) is 0 Å². The number of hydrogen-bond donors (Lipinski definition) is 2. The topological polar surface area (TPSA) is 52.6 Å². The van der Waals surface area contributed by atoms with Gasteiger partial charge in [0.25, 0.3) is 0 Å². The summed E-state index contributed by atoms with van der Waals surface area (Å²) in [6, 6.07) is 0. The maximum atomic E-state index is 5.30. The number of likely N-dealkylation sites (tertiary alicyclic amines) is 1. The van der Waals surface area contributed by atoms with Crippen LogP contribution in [0, 0.1) is 18.3 Å². The lowest BCUT2D eigenvalue weighted by Crippen LogP contribution is -2.38. The third kappa shape index (κ3) is 6.14. The van der Waals surface area contributed by atoms with Crippen LogP contribution in [-0.2, 0) is 13.0 Å². The van der Waals surface area contributed by atoms with E-state index in [0.29, 0.717) is 12.5 Å². The van der Waals surface area contributed by atoms with Crippen molar-refractivity contribution in [2.75, 3.05) is 32.7 Å². The fraction of sp³-hybridized carbons (Fsp3) is 0.667. The first-order chi connectivity index (χ1) is 11.7. The third-order valence-corrected chi connectivity index (χ3v) is 5.25. The summed E-state index contributed by atoms with van der Waals surface area (Å²) in [4.78, 5) is 11.9. The van der Waals surface area contributed by atoms with E-state index in [0.717, 1.165) is 45.1 Å². The van der Waals surface area contributed by atoms with E-state index in [9.17, 15) is 0 Å². The largest absolute Gasteiger partial charge is 0.357 e. The summed E-state index contributed by atoms with van der Waals surface area (Å²) in [5.41, 5.74) is 1.22. The molecule has 0 aromatic carbocycles. The Morgan fingerprint density at radius 3 is 2.83 bits per heavy atom. The molecule has 2 rings (SSSR count). The van der Waals surface area contributed by atoms with Crippen LogP contribution in [0.4, 0.5) is 0 Å². The van der Waals surface area contributed by atoms with Crippen molar-refractivity contribution in [1.82, 2.24) is 20.5 Å². The van der Waals surface area contributed by atoms with Crippen LogP contribution in [0.15, 0.2) is 10.4 Å². The number of guanidine groups is 1. The van der Waals surface area contributed by atoms with Crippen LogP contribution in [0.1, 0.15) is 37.4 Å². The lowest BCUT2D eigenvalue weighted by atomic mass is 9.97. The number of nitrogens with one attached hydrogen (secondary N) is 2. The average Bonchev–Trinajstić information content (AvgIpc) is 3.06. The van der Waals surface area contributed by atoms with E-state index in [2.05, 4.69) is 50.7 Å². The number of hydrogen-bond acceptors (Lipinski definition) is 4. The van der Waals surface area contributed by atoms with Gasteiger partial charge in [0.1, 0.15) is 0 Å². The molecule has 0 bridgehead atoms. The Morgan fingerprint density at radius 1 is 1.42 bits per heavy atom. The minimum Gasteiger partial charge on any atom is -0.357 e. The van der Waals surface area contributed by atoms with Crippen molar-refractivity contribution in [3.63, 3.8) is 0 Å². The summed E-state index contributed by atoms with van der Waals surface area (Å²) in [6.07, 6.45) is 8.72. The van der Waals surface area contributed by atoms with Crippen molar-refractivity contribution in [2.24, 2.45) is 10.9 Å². The molecule has 6 heteroatoms.